The molecule has 0 N–H and O–H groups in total. The molecule has 1 aliphatic rings. The number of fused-ring (bicyclic) bond motifs is 1. The number of esters is 1. The summed E-state index contributed by atoms with van der Waals surface area (Å²) >= 11 is 0. The Balaban J connectivity index is 1.32. The van der Waals surface area contributed by atoms with Crippen molar-refractivity contribution in [1.29, 1.82) is 0 Å². The van der Waals surface area contributed by atoms with Crippen LogP contribution in [0.4, 0.5) is 0 Å². The largest absolute Gasteiger partial charge is 0.426 e. The molecule has 5 heteroatoms. The lowest BCUT2D eigenvalue weighted by Crippen LogP contribution is -2.04. The molecular formula is C22H22N2O3. The summed E-state index contributed by atoms with van der Waals surface area (Å²) in [6, 6.07) is 15.8. The predicted octanol–water partition coefficient (Wildman–Crippen LogP) is 4.40. The second-order valence-corrected chi connectivity index (χ2v) is 7.03. The van der Waals surface area contributed by atoms with Gasteiger partial charge in [-0.15, -0.1) is 0 Å². The first-order valence-electron chi connectivity index (χ1n) is 9.36. The summed E-state index contributed by atoms with van der Waals surface area (Å²) in [5.41, 5.74) is 3.45. The molecule has 138 valence electrons. The summed E-state index contributed by atoms with van der Waals surface area (Å²) in [6.07, 6.45) is 4.85. The number of nitrogens with zero attached hydrogens (tertiary/aromatic N) is 2. The third kappa shape index (κ3) is 4.08. The molecule has 0 saturated heterocycles. The average molecular weight is 362 g/mol. The third-order valence-corrected chi connectivity index (χ3v) is 4.99. The van der Waals surface area contributed by atoms with Crippen molar-refractivity contribution in [3.8, 4) is 17.1 Å². The van der Waals surface area contributed by atoms with Crippen LogP contribution in [0.5, 0.6) is 5.75 Å². The number of hydrogen-bond acceptors (Lipinski definition) is 5. The number of carbonyl (C=O) groups excluding carboxylic acids is 1. The monoisotopic (exact) mass is 362 g/mol. The molecule has 3 aromatic rings. The molecular weight excluding hydrogens is 340 g/mol. The van der Waals surface area contributed by atoms with E-state index in [1.165, 1.54) is 18.1 Å². The summed E-state index contributed by atoms with van der Waals surface area (Å²) < 4.78 is 10.7. The molecule has 1 aromatic heterocycles. The van der Waals surface area contributed by atoms with Gasteiger partial charge in [-0.05, 0) is 48.8 Å². The van der Waals surface area contributed by atoms with Crippen molar-refractivity contribution in [2.45, 2.75) is 39.0 Å². The van der Waals surface area contributed by atoms with Crippen LogP contribution in [0.25, 0.3) is 11.4 Å². The number of rotatable bonds is 6. The van der Waals surface area contributed by atoms with Gasteiger partial charge in [-0.3, -0.25) is 4.79 Å². The van der Waals surface area contributed by atoms with Gasteiger partial charge < -0.3 is 9.26 Å². The standard InChI is InChI=1S/C22H22N2O3/c1-15(25)26-20-11-6-10-18-13-16(14-19(18)20)7-5-12-21-23-22(24-27-21)17-8-3-2-4-9-17/h2-4,6,8-11,16H,5,7,12-14H2,1H3. The Morgan fingerprint density at radius 3 is 2.81 bits per heavy atom. The third-order valence-electron chi connectivity index (χ3n) is 4.99. The fraction of sp³-hybridized carbons (Fsp3) is 0.318. The molecule has 0 amide bonds. The van der Waals surface area contributed by atoms with Gasteiger partial charge in [-0.25, -0.2) is 0 Å². The van der Waals surface area contributed by atoms with Crippen LogP contribution in [-0.4, -0.2) is 16.1 Å². The number of benzene rings is 2. The van der Waals surface area contributed by atoms with Crippen molar-refractivity contribution in [2.24, 2.45) is 5.92 Å². The Morgan fingerprint density at radius 1 is 1.15 bits per heavy atom. The highest BCUT2D eigenvalue weighted by atomic mass is 16.5. The van der Waals surface area contributed by atoms with Crippen molar-refractivity contribution >= 4 is 5.97 Å². The Labute approximate surface area is 158 Å². The van der Waals surface area contributed by atoms with Crippen LogP contribution < -0.4 is 4.74 Å². The van der Waals surface area contributed by atoms with Gasteiger partial charge in [-0.2, -0.15) is 4.98 Å². The Kier molecular flexibility index (Phi) is 5.01. The van der Waals surface area contributed by atoms with E-state index in [1.807, 2.05) is 42.5 Å². The number of ether oxygens (including phenoxy) is 1. The maximum atomic E-state index is 11.3. The van der Waals surface area contributed by atoms with Crippen LogP contribution in [0.1, 0.15) is 36.8 Å². The minimum atomic E-state index is -0.266. The topological polar surface area (TPSA) is 65.2 Å². The lowest BCUT2D eigenvalue weighted by atomic mass is 9.99. The molecule has 2 aromatic carbocycles. The molecule has 0 radical (unpaired) electrons. The Hall–Kier alpha value is -2.95. The van der Waals surface area contributed by atoms with E-state index in [2.05, 4.69) is 16.2 Å². The van der Waals surface area contributed by atoms with Crippen molar-refractivity contribution in [2.75, 3.05) is 0 Å². The van der Waals surface area contributed by atoms with Gasteiger partial charge in [0, 0.05) is 18.9 Å². The fourth-order valence-electron chi connectivity index (χ4n) is 3.76. The molecule has 0 saturated carbocycles. The van der Waals surface area contributed by atoms with Crippen LogP contribution in [0.3, 0.4) is 0 Å². The summed E-state index contributed by atoms with van der Waals surface area (Å²) in [7, 11) is 0. The molecule has 0 spiro atoms. The summed E-state index contributed by atoms with van der Waals surface area (Å²) in [5, 5.41) is 4.07. The zero-order valence-electron chi connectivity index (χ0n) is 15.4. The summed E-state index contributed by atoms with van der Waals surface area (Å²) in [6.45, 7) is 1.44. The summed E-state index contributed by atoms with van der Waals surface area (Å²) in [4.78, 5) is 15.8. The lowest BCUT2D eigenvalue weighted by Gasteiger charge is -2.08. The molecule has 1 unspecified atom stereocenters. The SMILES string of the molecule is CC(=O)Oc1cccc2c1CC(CCCc1nc(-c3ccccc3)no1)C2. The second-order valence-electron chi connectivity index (χ2n) is 7.03. The zero-order chi connectivity index (χ0) is 18.6. The van der Waals surface area contributed by atoms with E-state index in [0.29, 0.717) is 23.4 Å². The number of carbonyl (C=O) groups is 1. The van der Waals surface area contributed by atoms with Gasteiger partial charge in [-0.1, -0.05) is 47.6 Å². The second kappa shape index (κ2) is 7.74. The van der Waals surface area contributed by atoms with Crippen LogP contribution in [0, 0.1) is 5.92 Å². The fourth-order valence-corrected chi connectivity index (χ4v) is 3.76. The van der Waals surface area contributed by atoms with E-state index >= 15 is 0 Å². The first-order chi connectivity index (χ1) is 13.2. The molecule has 4 rings (SSSR count). The van der Waals surface area contributed by atoms with Gasteiger partial charge in [0.15, 0.2) is 0 Å². The van der Waals surface area contributed by atoms with Crippen molar-refractivity contribution < 1.29 is 14.1 Å². The van der Waals surface area contributed by atoms with Gasteiger partial charge in [0.1, 0.15) is 5.75 Å². The normalized spacial score (nSPS) is 15.5. The van der Waals surface area contributed by atoms with E-state index < -0.39 is 0 Å². The maximum Gasteiger partial charge on any atom is 0.308 e. The van der Waals surface area contributed by atoms with Crippen LogP contribution >= 0.6 is 0 Å². The molecule has 0 aliphatic heterocycles. The van der Waals surface area contributed by atoms with Crippen molar-refractivity contribution in [3.63, 3.8) is 0 Å². The molecule has 1 heterocycles. The van der Waals surface area contributed by atoms with E-state index in [0.717, 1.165) is 37.7 Å². The molecule has 27 heavy (non-hydrogen) atoms. The highest BCUT2D eigenvalue weighted by Crippen LogP contribution is 2.36. The lowest BCUT2D eigenvalue weighted by molar-refractivity contribution is -0.131. The molecule has 1 aliphatic carbocycles. The van der Waals surface area contributed by atoms with Gasteiger partial charge in [0.25, 0.3) is 0 Å². The quantitative estimate of drug-likeness (QED) is 0.480. The highest BCUT2D eigenvalue weighted by Gasteiger charge is 2.24. The van der Waals surface area contributed by atoms with E-state index in [4.69, 9.17) is 9.26 Å². The first kappa shape index (κ1) is 17.5. The average Bonchev–Trinajstić information content (AvgIpc) is 3.29. The zero-order valence-corrected chi connectivity index (χ0v) is 15.4. The Morgan fingerprint density at radius 2 is 2.00 bits per heavy atom. The molecule has 0 bridgehead atoms. The predicted molar refractivity (Wildman–Crippen MR) is 101 cm³/mol. The van der Waals surface area contributed by atoms with E-state index in [9.17, 15) is 4.79 Å². The minimum Gasteiger partial charge on any atom is -0.426 e. The molecule has 5 nitrogen and oxygen atoms in total. The highest BCUT2D eigenvalue weighted by molar-refractivity contribution is 5.70. The van der Waals surface area contributed by atoms with Gasteiger partial charge in [0.05, 0.1) is 0 Å². The van der Waals surface area contributed by atoms with Crippen molar-refractivity contribution in [1.82, 2.24) is 10.1 Å². The van der Waals surface area contributed by atoms with Gasteiger partial charge >= 0.3 is 5.97 Å². The van der Waals surface area contributed by atoms with E-state index in [1.54, 1.807) is 0 Å². The van der Waals surface area contributed by atoms with Crippen molar-refractivity contribution in [3.05, 3.63) is 65.5 Å². The minimum absolute atomic E-state index is 0.266. The first-order valence-corrected chi connectivity index (χ1v) is 9.36. The summed E-state index contributed by atoms with van der Waals surface area (Å²) in [5.74, 6) is 2.34. The van der Waals surface area contributed by atoms with E-state index in [-0.39, 0.29) is 5.97 Å². The smallest absolute Gasteiger partial charge is 0.308 e. The van der Waals surface area contributed by atoms with Crippen LogP contribution in [0.15, 0.2) is 53.1 Å². The number of aryl methyl sites for hydroxylation is 1. The van der Waals surface area contributed by atoms with Crippen LogP contribution in [0.2, 0.25) is 0 Å². The molecule has 1 atom stereocenters. The number of aromatic nitrogens is 2. The maximum absolute atomic E-state index is 11.3. The Bertz CT molecular complexity index is 934. The van der Waals surface area contributed by atoms with Crippen LogP contribution in [-0.2, 0) is 24.1 Å². The molecule has 0 fully saturated rings. The number of hydrogen-bond donors (Lipinski definition) is 0. The van der Waals surface area contributed by atoms with Gasteiger partial charge in [0.2, 0.25) is 11.7 Å².